The molecule has 1 radical (unpaired) electrons. The van der Waals surface area contributed by atoms with E-state index >= 15 is 0 Å². The summed E-state index contributed by atoms with van der Waals surface area (Å²) in [5.41, 5.74) is -1.57. The van der Waals surface area contributed by atoms with Crippen molar-refractivity contribution < 1.29 is 10.2 Å². The molecule has 103 valence electrons. The molecule has 2 atom stereocenters. The summed E-state index contributed by atoms with van der Waals surface area (Å²) in [4.78, 5) is 0. The summed E-state index contributed by atoms with van der Waals surface area (Å²) < 4.78 is 0. The minimum Gasteiger partial charge on any atom is -0.390 e. The van der Waals surface area contributed by atoms with E-state index < -0.39 is 11.2 Å². The molecule has 2 heteroatoms. The van der Waals surface area contributed by atoms with Crippen LogP contribution in [0, 0.1) is 11.3 Å². The SMILES string of the molecule is C[C](C)CCC(C)(O)CCC(C)(O)C(C)(C)C. The van der Waals surface area contributed by atoms with E-state index in [1.165, 1.54) is 5.92 Å². The molecule has 0 aliphatic carbocycles. The molecule has 0 heterocycles. The van der Waals surface area contributed by atoms with E-state index in [0.29, 0.717) is 12.8 Å². The van der Waals surface area contributed by atoms with Gasteiger partial charge in [-0.15, -0.1) is 0 Å². The molecular formula is C15H31O2. The predicted molar refractivity (Wildman–Crippen MR) is 73.8 cm³/mol. The normalized spacial score (nSPS) is 20.1. The van der Waals surface area contributed by atoms with Crippen molar-refractivity contribution in [3.8, 4) is 0 Å². The Balaban J connectivity index is 4.26. The molecule has 0 aliphatic rings. The fourth-order valence-corrected chi connectivity index (χ4v) is 1.53. The Morgan fingerprint density at radius 1 is 0.824 bits per heavy atom. The van der Waals surface area contributed by atoms with Crippen molar-refractivity contribution >= 4 is 0 Å². The molecule has 0 amide bonds. The molecule has 0 fully saturated rings. The number of hydrogen-bond donors (Lipinski definition) is 2. The van der Waals surface area contributed by atoms with Crippen LogP contribution in [0.4, 0.5) is 0 Å². The number of hydrogen-bond acceptors (Lipinski definition) is 2. The maximum absolute atomic E-state index is 10.4. The maximum atomic E-state index is 10.4. The average Bonchev–Trinajstić information content (AvgIpc) is 2.11. The zero-order chi connectivity index (χ0) is 13.9. The largest absolute Gasteiger partial charge is 0.390 e. The molecule has 0 aromatic rings. The Morgan fingerprint density at radius 3 is 1.65 bits per heavy atom. The fraction of sp³-hybridized carbons (Fsp3) is 0.933. The molecule has 17 heavy (non-hydrogen) atoms. The molecule has 0 saturated heterocycles. The second-order valence-electron chi connectivity index (χ2n) is 7.23. The van der Waals surface area contributed by atoms with Crippen molar-refractivity contribution in [3.05, 3.63) is 5.92 Å². The summed E-state index contributed by atoms with van der Waals surface area (Å²) in [5.74, 6) is 1.34. The van der Waals surface area contributed by atoms with Crippen molar-refractivity contribution in [2.75, 3.05) is 0 Å². The van der Waals surface area contributed by atoms with Crippen LogP contribution in [0.5, 0.6) is 0 Å². The first-order valence-corrected chi connectivity index (χ1v) is 6.61. The van der Waals surface area contributed by atoms with Gasteiger partial charge in [0.15, 0.2) is 0 Å². The summed E-state index contributed by atoms with van der Waals surface area (Å²) in [5, 5.41) is 20.6. The standard InChI is InChI=1S/C15H31O2/c1-12(2)8-9-14(6,16)10-11-15(7,17)13(3,4)5/h16-17H,8-11H2,1-7H3. The van der Waals surface area contributed by atoms with Gasteiger partial charge >= 0.3 is 0 Å². The van der Waals surface area contributed by atoms with E-state index in [1.807, 2.05) is 34.6 Å². The van der Waals surface area contributed by atoms with Crippen LogP contribution in [0.15, 0.2) is 0 Å². The van der Waals surface area contributed by atoms with E-state index in [1.54, 1.807) is 0 Å². The van der Waals surface area contributed by atoms with Crippen molar-refractivity contribution in [1.29, 1.82) is 0 Å². The third-order valence-electron chi connectivity index (χ3n) is 3.93. The van der Waals surface area contributed by atoms with E-state index in [0.717, 1.165) is 12.8 Å². The van der Waals surface area contributed by atoms with Gasteiger partial charge in [-0.25, -0.2) is 0 Å². The lowest BCUT2D eigenvalue weighted by Crippen LogP contribution is -2.41. The third-order valence-corrected chi connectivity index (χ3v) is 3.93. The van der Waals surface area contributed by atoms with E-state index in [9.17, 15) is 10.2 Å². The Bertz CT molecular complexity index is 222. The summed E-state index contributed by atoms with van der Waals surface area (Å²) in [7, 11) is 0. The van der Waals surface area contributed by atoms with Crippen LogP contribution >= 0.6 is 0 Å². The lowest BCUT2D eigenvalue weighted by Gasteiger charge is -2.39. The Morgan fingerprint density at radius 2 is 1.29 bits per heavy atom. The van der Waals surface area contributed by atoms with Gasteiger partial charge in [-0.2, -0.15) is 0 Å². The van der Waals surface area contributed by atoms with Gasteiger partial charge in [0.25, 0.3) is 0 Å². The third kappa shape index (κ3) is 6.42. The smallest absolute Gasteiger partial charge is 0.0668 e. The van der Waals surface area contributed by atoms with Gasteiger partial charge in [0.1, 0.15) is 0 Å². The molecule has 0 spiro atoms. The van der Waals surface area contributed by atoms with Crippen LogP contribution in [0.1, 0.15) is 74.1 Å². The first-order chi connectivity index (χ1) is 7.37. The molecule has 0 saturated carbocycles. The zero-order valence-electron chi connectivity index (χ0n) is 12.7. The van der Waals surface area contributed by atoms with Crippen LogP contribution in [0.3, 0.4) is 0 Å². The van der Waals surface area contributed by atoms with Gasteiger partial charge in [-0.1, -0.05) is 34.6 Å². The highest BCUT2D eigenvalue weighted by Gasteiger charge is 2.36. The molecule has 0 aromatic carbocycles. The van der Waals surface area contributed by atoms with Gasteiger partial charge in [-0.05, 0) is 50.9 Å². The van der Waals surface area contributed by atoms with Crippen LogP contribution in [0.2, 0.25) is 0 Å². The minimum absolute atomic E-state index is 0.157. The van der Waals surface area contributed by atoms with Crippen LogP contribution in [-0.4, -0.2) is 21.4 Å². The predicted octanol–water partition coefficient (Wildman–Crippen LogP) is 3.71. The second-order valence-corrected chi connectivity index (χ2v) is 7.23. The van der Waals surface area contributed by atoms with Crippen molar-refractivity contribution in [2.45, 2.75) is 85.4 Å². The van der Waals surface area contributed by atoms with Crippen molar-refractivity contribution in [3.63, 3.8) is 0 Å². The van der Waals surface area contributed by atoms with Crippen LogP contribution in [-0.2, 0) is 0 Å². The van der Waals surface area contributed by atoms with Gasteiger partial charge in [0, 0.05) is 0 Å². The quantitative estimate of drug-likeness (QED) is 0.746. The highest BCUT2D eigenvalue weighted by atomic mass is 16.3. The van der Waals surface area contributed by atoms with Crippen molar-refractivity contribution in [1.82, 2.24) is 0 Å². The van der Waals surface area contributed by atoms with Gasteiger partial charge in [0.05, 0.1) is 11.2 Å². The average molecular weight is 243 g/mol. The molecule has 0 aliphatic heterocycles. The molecule has 0 aromatic heterocycles. The summed E-state index contributed by atoms with van der Waals surface area (Å²) in [6, 6.07) is 0. The monoisotopic (exact) mass is 243 g/mol. The zero-order valence-corrected chi connectivity index (χ0v) is 12.7. The topological polar surface area (TPSA) is 40.5 Å². The van der Waals surface area contributed by atoms with Gasteiger partial charge < -0.3 is 10.2 Å². The molecule has 0 bridgehead atoms. The van der Waals surface area contributed by atoms with Gasteiger partial charge in [0.2, 0.25) is 0 Å². The van der Waals surface area contributed by atoms with Crippen LogP contribution < -0.4 is 0 Å². The summed E-state index contributed by atoms with van der Waals surface area (Å²) in [6.45, 7) is 14.0. The minimum atomic E-state index is -0.734. The summed E-state index contributed by atoms with van der Waals surface area (Å²) in [6.07, 6.45) is 3.00. The highest BCUT2D eigenvalue weighted by molar-refractivity contribution is 4.90. The highest BCUT2D eigenvalue weighted by Crippen LogP contribution is 2.36. The van der Waals surface area contributed by atoms with Gasteiger partial charge in [-0.3, -0.25) is 0 Å². The molecule has 2 N–H and O–H groups in total. The fourth-order valence-electron chi connectivity index (χ4n) is 1.53. The van der Waals surface area contributed by atoms with E-state index in [-0.39, 0.29) is 5.41 Å². The molecule has 2 unspecified atom stereocenters. The van der Waals surface area contributed by atoms with Crippen LogP contribution in [0.25, 0.3) is 0 Å². The Kier molecular flexibility index (Phi) is 5.68. The second kappa shape index (κ2) is 5.71. The first kappa shape index (κ1) is 16.9. The summed E-state index contributed by atoms with van der Waals surface area (Å²) >= 11 is 0. The van der Waals surface area contributed by atoms with E-state index in [2.05, 4.69) is 13.8 Å². The Hall–Kier alpha value is -0.0800. The number of rotatable bonds is 6. The molecule has 2 nitrogen and oxygen atoms in total. The van der Waals surface area contributed by atoms with Crippen molar-refractivity contribution in [2.24, 2.45) is 5.41 Å². The lowest BCUT2D eigenvalue weighted by atomic mass is 9.73. The lowest BCUT2D eigenvalue weighted by molar-refractivity contribution is -0.0688. The Labute approximate surface area is 107 Å². The molecular weight excluding hydrogens is 212 g/mol. The van der Waals surface area contributed by atoms with E-state index in [4.69, 9.17) is 0 Å². The first-order valence-electron chi connectivity index (χ1n) is 6.61. The number of aliphatic hydroxyl groups is 2. The molecule has 0 rings (SSSR count). The maximum Gasteiger partial charge on any atom is 0.0668 e.